The molecule has 3 aromatic rings. The number of aromatic nitrogens is 1. The normalized spacial score (nSPS) is 12.4. The Morgan fingerprint density at radius 1 is 1.07 bits per heavy atom. The lowest BCUT2D eigenvalue weighted by molar-refractivity contribution is 0.265. The Labute approximate surface area is 177 Å². The van der Waals surface area contributed by atoms with Crippen molar-refractivity contribution in [2.75, 3.05) is 26.7 Å². The van der Waals surface area contributed by atoms with E-state index in [1.807, 2.05) is 42.5 Å². The van der Waals surface area contributed by atoms with Crippen molar-refractivity contribution in [2.24, 2.45) is 4.99 Å². The van der Waals surface area contributed by atoms with Crippen LogP contribution in [0.25, 0.3) is 10.9 Å². The van der Waals surface area contributed by atoms with E-state index in [2.05, 4.69) is 38.8 Å². The third kappa shape index (κ3) is 5.97. The molecule has 2 aromatic carbocycles. The largest absolute Gasteiger partial charge is 0.396 e. The monoisotopic (exact) mass is 478 g/mol. The summed E-state index contributed by atoms with van der Waals surface area (Å²) < 4.78 is 0. The van der Waals surface area contributed by atoms with E-state index < -0.39 is 0 Å². The summed E-state index contributed by atoms with van der Waals surface area (Å²) in [6.45, 7) is 1.51. The van der Waals surface area contributed by atoms with Gasteiger partial charge in [-0.25, -0.2) is 0 Å². The number of H-pyrrole nitrogens is 1. The van der Waals surface area contributed by atoms with Crippen molar-refractivity contribution < 1.29 is 5.11 Å². The summed E-state index contributed by atoms with van der Waals surface area (Å²) in [6.07, 6.45) is 0.886. The Morgan fingerprint density at radius 3 is 2.52 bits per heavy atom. The second-order valence-corrected chi connectivity index (χ2v) is 6.30. The number of aliphatic imine (C=N–C) groups is 1. The second-order valence-electron chi connectivity index (χ2n) is 6.30. The van der Waals surface area contributed by atoms with Crippen LogP contribution in [0.2, 0.25) is 0 Å². The minimum absolute atomic E-state index is 0. The average molecular weight is 478 g/mol. The Hall–Kier alpha value is -2.06. The summed E-state index contributed by atoms with van der Waals surface area (Å²) in [4.78, 5) is 7.70. The van der Waals surface area contributed by atoms with Gasteiger partial charge in [-0.05, 0) is 23.1 Å². The zero-order valence-electron chi connectivity index (χ0n) is 15.5. The average Bonchev–Trinajstić information content (AvgIpc) is 3.10. The molecule has 3 rings (SSSR count). The zero-order valence-corrected chi connectivity index (χ0v) is 17.8. The van der Waals surface area contributed by atoms with E-state index in [4.69, 9.17) is 0 Å². The van der Waals surface area contributed by atoms with Crippen molar-refractivity contribution in [2.45, 2.75) is 12.3 Å². The summed E-state index contributed by atoms with van der Waals surface area (Å²) in [5.41, 5.74) is 3.49. The molecule has 6 heteroatoms. The number of benzene rings is 2. The highest BCUT2D eigenvalue weighted by Gasteiger charge is 2.10. The van der Waals surface area contributed by atoms with E-state index in [0.717, 1.165) is 24.5 Å². The molecule has 0 radical (unpaired) electrons. The van der Waals surface area contributed by atoms with E-state index in [1.54, 1.807) is 7.05 Å². The van der Waals surface area contributed by atoms with Crippen LogP contribution in [0.3, 0.4) is 0 Å². The van der Waals surface area contributed by atoms with Crippen molar-refractivity contribution in [1.29, 1.82) is 0 Å². The Morgan fingerprint density at radius 2 is 1.81 bits per heavy atom. The van der Waals surface area contributed by atoms with Gasteiger partial charge in [0, 0.05) is 43.7 Å². The minimum atomic E-state index is 0. The fraction of sp³-hybridized carbons (Fsp3) is 0.286. The smallest absolute Gasteiger partial charge is 0.191 e. The molecular weight excluding hydrogens is 451 g/mol. The van der Waals surface area contributed by atoms with Gasteiger partial charge in [0.05, 0.1) is 6.61 Å². The van der Waals surface area contributed by atoms with Gasteiger partial charge in [-0.3, -0.25) is 4.99 Å². The van der Waals surface area contributed by atoms with E-state index in [0.29, 0.717) is 6.54 Å². The van der Waals surface area contributed by atoms with E-state index in [-0.39, 0.29) is 36.5 Å². The maximum atomic E-state index is 9.65. The lowest BCUT2D eigenvalue weighted by Gasteiger charge is -2.18. The lowest BCUT2D eigenvalue weighted by Crippen LogP contribution is -2.40. The van der Waals surface area contributed by atoms with Crippen LogP contribution in [0.15, 0.2) is 65.7 Å². The van der Waals surface area contributed by atoms with Gasteiger partial charge in [0.2, 0.25) is 0 Å². The molecule has 0 bridgehead atoms. The van der Waals surface area contributed by atoms with Crippen molar-refractivity contribution >= 4 is 40.8 Å². The number of nitrogens with one attached hydrogen (secondary N) is 3. The number of hydrogen-bond acceptors (Lipinski definition) is 2. The molecule has 0 aliphatic rings. The number of aromatic amines is 1. The molecule has 1 atom stereocenters. The van der Waals surface area contributed by atoms with E-state index in [1.165, 1.54) is 16.6 Å². The number of guanidine groups is 1. The summed E-state index contributed by atoms with van der Waals surface area (Å²) in [6, 6.07) is 20.5. The van der Waals surface area contributed by atoms with Gasteiger partial charge in [0.15, 0.2) is 5.96 Å². The summed E-state index contributed by atoms with van der Waals surface area (Å²) in [5, 5.41) is 17.5. The van der Waals surface area contributed by atoms with Gasteiger partial charge < -0.3 is 20.7 Å². The maximum absolute atomic E-state index is 9.65. The quantitative estimate of drug-likeness (QED) is 0.239. The van der Waals surface area contributed by atoms with Gasteiger partial charge in [-0.1, -0.05) is 48.5 Å². The highest BCUT2D eigenvalue weighted by Crippen LogP contribution is 2.15. The first-order valence-corrected chi connectivity index (χ1v) is 8.97. The van der Waals surface area contributed by atoms with Crippen LogP contribution in [0, 0.1) is 0 Å². The number of aliphatic hydroxyl groups excluding tert-OH is 1. The first-order valence-electron chi connectivity index (χ1n) is 8.97. The van der Waals surface area contributed by atoms with Gasteiger partial charge in [0.25, 0.3) is 0 Å². The molecule has 5 nitrogen and oxygen atoms in total. The molecule has 0 fully saturated rings. The zero-order chi connectivity index (χ0) is 18.2. The number of nitrogens with zero attached hydrogens (tertiary/aromatic N) is 1. The lowest BCUT2D eigenvalue weighted by atomic mass is 10.0. The molecule has 27 heavy (non-hydrogen) atoms. The molecule has 0 amide bonds. The van der Waals surface area contributed by atoms with Gasteiger partial charge in [-0.15, -0.1) is 24.0 Å². The van der Waals surface area contributed by atoms with Crippen molar-refractivity contribution in [1.82, 2.24) is 15.6 Å². The summed E-state index contributed by atoms with van der Waals surface area (Å²) >= 11 is 0. The van der Waals surface area contributed by atoms with Crippen LogP contribution in [0.5, 0.6) is 0 Å². The highest BCUT2D eigenvalue weighted by atomic mass is 127. The fourth-order valence-electron chi connectivity index (χ4n) is 3.04. The van der Waals surface area contributed by atoms with Gasteiger partial charge in [-0.2, -0.15) is 0 Å². The first-order chi connectivity index (χ1) is 12.8. The van der Waals surface area contributed by atoms with Crippen molar-refractivity contribution in [3.05, 3.63) is 71.9 Å². The molecule has 0 saturated carbocycles. The number of para-hydroxylation sites is 1. The number of fused-ring (bicyclic) bond motifs is 1. The highest BCUT2D eigenvalue weighted by molar-refractivity contribution is 14.0. The first kappa shape index (κ1) is 21.2. The summed E-state index contributed by atoms with van der Waals surface area (Å²) in [7, 11) is 1.76. The van der Waals surface area contributed by atoms with Crippen LogP contribution >= 0.6 is 24.0 Å². The van der Waals surface area contributed by atoms with E-state index in [9.17, 15) is 5.11 Å². The van der Waals surface area contributed by atoms with Crippen LogP contribution in [-0.2, 0) is 6.42 Å². The maximum Gasteiger partial charge on any atom is 0.191 e. The van der Waals surface area contributed by atoms with Crippen LogP contribution in [0.1, 0.15) is 17.2 Å². The molecule has 0 saturated heterocycles. The number of rotatable bonds is 7. The molecule has 1 aromatic heterocycles. The Bertz CT molecular complexity index is 815. The molecule has 0 aliphatic heterocycles. The molecule has 1 heterocycles. The van der Waals surface area contributed by atoms with Crippen LogP contribution in [-0.4, -0.2) is 42.8 Å². The molecule has 4 N–H and O–H groups in total. The van der Waals surface area contributed by atoms with Gasteiger partial charge in [0.1, 0.15) is 0 Å². The molecule has 144 valence electrons. The predicted octanol–water partition coefficient (Wildman–Crippen LogP) is 3.27. The fourth-order valence-corrected chi connectivity index (χ4v) is 3.04. The third-order valence-electron chi connectivity index (χ3n) is 4.50. The van der Waals surface area contributed by atoms with E-state index >= 15 is 0 Å². The minimum Gasteiger partial charge on any atom is -0.396 e. The molecular formula is C21H27IN4O. The van der Waals surface area contributed by atoms with Crippen molar-refractivity contribution in [3.8, 4) is 0 Å². The SMILES string of the molecule is CN=C(NCCc1cc2ccccc2[nH]1)NCC(CO)c1ccccc1.I. The number of aliphatic hydroxyl groups is 1. The Balaban J connectivity index is 0.00000261. The van der Waals surface area contributed by atoms with Crippen LogP contribution in [0.4, 0.5) is 0 Å². The number of halogens is 1. The van der Waals surface area contributed by atoms with Gasteiger partial charge >= 0.3 is 0 Å². The number of hydrogen-bond donors (Lipinski definition) is 4. The predicted molar refractivity (Wildman–Crippen MR) is 123 cm³/mol. The van der Waals surface area contributed by atoms with Crippen LogP contribution < -0.4 is 10.6 Å². The van der Waals surface area contributed by atoms with Crippen molar-refractivity contribution in [3.63, 3.8) is 0 Å². The third-order valence-corrected chi connectivity index (χ3v) is 4.50. The second kappa shape index (κ2) is 10.9. The standard InChI is InChI=1S/C21H26N4O.HI/c1-22-21(24-14-18(15-26)16-7-3-2-4-8-16)23-12-11-19-13-17-9-5-6-10-20(17)25-19;/h2-10,13,18,25-26H,11-12,14-15H2,1H3,(H2,22,23,24);1H. The molecule has 1 unspecified atom stereocenters. The topological polar surface area (TPSA) is 72.4 Å². The molecule has 0 aliphatic carbocycles. The Kier molecular flexibility index (Phi) is 8.60. The summed E-state index contributed by atoms with van der Waals surface area (Å²) in [5.74, 6) is 0.791. The molecule has 0 spiro atoms.